The number of rotatable bonds is 4. The molecule has 0 saturated heterocycles. The fraction of sp³-hybridized carbons (Fsp3) is 0.667. The maximum Gasteiger partial charge on any atom is 0.0406 e. The van der Waals surface area contributed by atoms with Crippen LogP contribution in [0.25, 0.3) is 0 Å². The van der Waals surface area contributed by atoms with Crippen molar-refractivity contribution in [3.63, 3.8) is 0 Å². The molecule has 0 bridgehead atoms. The van der Waals surface area contributed by atoms with Gasteiger partial charge in [-0.1, -0.05) is 50.4 Å². The van der Waals surface area contributed by atoms with E-state index in [1.54, 1.807) is 0 Å². The molecule has 1 aliphatic carbocycles. The summed E-state index contributed by atoms with van der Waals surface area (Å²) in [5.74, 6) is 0. The van der Waals surface area contributed by atoms with Crippen LogP contribution in [0.3, 0.4) is 0 Å². The molecule has 0 aliphatic heterocycles. The van der Waals surface area contributed by atoms with Gasteiger partial charge in [-0.25, -0.2) is 0 Å². The first kappa shape index (κ1) is 16.8. The van der Waals surface area contributed by atoms with Crippen molar-refractivity contribution < 1.29 is 0 Å². The molecule has 1 aromatic rings. The molecule has 0 aromatic heterocycles. The van der Waals surface area contributed by atoms with Gasteiger partial charge in [0.05, 0.1) is 0 Å². The summed E-state index contributed by atoms with van der Waals surface area (Å²) in [5, 5.41) is 0.792. The van der Waals surface area contributed by atoms with Crippen molar-refractivity contribution in [3.05, 3.63) is 34.9 Å². The number of halogens is 1. The number of hydrogen-bond donors (Lipinski definition) is 1. The Balaban J connectivity index is 2.30. The van der Waals surface area contributed by atoms with E-state index in [1.165, 1.54) is 31.2 Å². The lowest BCUT2D eigenvalue weighted by atomic mass is 9.62. The first-order chi connectivity index (χ1) is 9.84. The van der Waals surface area contributed by atoms with E-state index in [0.717, 1.165) is 5.02 Å². The van der Waals surface area contributed by atoms with Gasteiger partial charge in [-0.15, -0.1) is 0 Å². The predicted octanol–water partition coefficient (Wildman–Crippen LogP) is 4.63. The third kappa shape index (κ3) is 2.99. The average Bonchev–Trinajstić information content (AvgIpc) is 2.46. The van der Waals surface area contributed by atoms with Crippen LogP contribution in [0.2, 0.25) is 5.02 Å². The quantitative estimate of drug-likeness (QED) is 0.878. The number of hydrogen-bond acceptors (Lipinski definition) is 2. The maximum absolute atomic E-state index is 6.29. The molecule has 0 spiro atoms. The zero-order valence-corrected chi connectivity index (χ0v) is 14.6. The van der Waals surface area contributed by atoms with Crippen molar-refractivity contribution in [1.29, 1.82) is 0 Å². The summed E-state index contributed by atoms with van der Waals surface area (Å²) >= 11 is 6.01. The lowest BCUT2D eigenvalue weighted by molar-refractivity contribution is -0.0491. The van der Waals surface area contributed by atoms with Gasteiger partial charge in [0, 0.05) is 23.1 Å². The van der Waals surface area contributed by atoms with Gasteiger partial charge in [-0.2, -0.15) is 0 Å². The Labute approximate surface area is 134 Å². The molecule has 0 amide bonds. The first-order valence-electron chi connectivity index (χ1n) is 8.02. The van der Waals surface area contributed by atoms with E-state index in [9.17, 15) is 0 Å². The zero-order valence-electron chi connectivity index (χ0n) is 13.8. The van der Waals surface area contributed by atoms with Crippen LogP contribution >= 0.6 is 11.6 Å². The van der Waals surface area contributed by atoms with E-state index >= 15 is 0 Å². The minimum Gasteiger partial charge on any atom is -0.329 e. The third-order valence-electron chi connectivity index (χ3n) is 5.85. The summed E-state index contributed by atoms with van der Waals surface area (Å²) in [6.07, 6.45) is 5.03. The standard InChI is InChI=1S/C18H29ClN2/c1-14(15-7-9-16(19)10-8-15)21(4)18(13-20)12-6-5-11-17(18,2)3/h7-10,14H,5-6,11-13,20H2,1-4H3. The molecule has 2 rings (SSSR count). The average molecular weight is 309 g/mol. The van der Waals surface area contributed by atoms with Gasteiger partial charge in [0.2, 0.25) is 0 Å². The number of likely N-dealkylation sites (N-methyl/N-ethyl adjacent to an activating group) is 1. The molecule has 3 heteroatoms. The van der Waals surface area contributed by atoms with Crippen LogP contribution in [0.4, 0.5) is 0 Å². The van der Waals surface area contributed by atoms with Gasteiger partial charge in [-0.3, -0.25) is 4.90 Å². The van der Waals surface area contributed by atoms with Crippen molar-refractivity contribution in [2.24, 2.45) is 11.1 Å². The highest BCUT2D eigenvalue weighted by Crippen LogP contribution is 2.48. The Morgan fingerprint density at radius 1 is 1.19 bits per heavy atom. The monoisotopic (exact) mass is 308 g/mol. The first-order valence-corrected chi connectivity index (χ1v) is 8.40. The van der Waals surface area contributed by atoms with Crippen LogP contribution in [0.5, 0.6) is 0 Å². The summed E-state index contributed by atoms with van der Waals surface area (Å²) in [6.45, 7) is 7.74. The van der Waals surface area contributed by atoms with Crippen molar-refractivity contribution in [3.8, 4) is 0 Å². The molecule has 1 aliphatic rings. The van der Waals surface area contributed by atoms with Crippen LogP contribution in [-0.2, 0) is 0 Å². The summed E-state index contributed by atoms with van der Waals surface area (Å²) in [7, 11) is 2.24. The van der Waals surface area contributed by atoms with E-state index in [1.807, 2.05) is 12.1 Å². The number of benzene rings is 1. The molecule has 1 fully saturated rings. The second-order valence-corrected chi connectivity index (χ2v) is 7.60. The smallest absolute Gasteiger partial charge is 0.0406 e. The van der Waals surface area contributed by atoms with E-state index in [4.69, 9.17) is 17.3 Å². The highest BCUT2D eigenvalue weighted by molar-refractivity contribution is 6.30. The Morgan fingerprint density at radius 3 is 2.29 bits per heavy atom. The molecule has 0 radical (unpaired) electrons. The second kappa shape index (κ2) is 6.28. The van der Waals surface area contributed by atoms with Crippen molar-refractivity contribution in [2.45, 2.75) is 58.0 Å². The molecule has 1 aromatic carbocycles. The molecule has 2 unspecified atom stereocenters. The second-order valence-electron chi connectivity index (χ2n) is 7.17. The van der Waals surface area contributed by atoms with Crippen LogP contribution in [0, 0.1) is 5.41 Å². The SMILES string of the molecule is CC(c1ccc(Cl)cc1)N(C)C1(CN)CCCCC1(C)C. The summed E-state index contributed by atoms with van der Waals surface area (Å²) in [5.41, 5.74) is 7.91. The highest BCUT2D eigenvalue weighted by Gasteiger charge is 2.49. The van der Waals surface area contributed by atoms with Crippen LogP contribution < -0.4 is 5.73 Å². The van der Waals surface area contributed by atoms with Gasteiger partial charge in [0.15, 0.2) is 0 Å². The Hall–Kier alpha value is -0.570. The Morgan fingerprint density at radius 2 is 1.76 bits per heavy atom. The largest absolute Gasteiger partial charge is 0.329 e. The van der Waals surface area contributed by atoms with Gasteiger partial charge >= 0.3 is 0 Å². The zero-order chi connectivity index (χ0) is 15.7. The summed E-state index contributed by atoms with van der Waals surface area (Å²) in [4.78, 5) is 2.51. The number of nitrogens with two attached hydrogens (primary N) is 1. The van der Waals surface area contributed by atoms with E-state index in [2.05, 4.69) is 44.9 Å². The summed E-state index contributed by atoms with van der Waals surface area (Å²) < 4.78 is 0. The molecule has 118 valence electrons. The van der Waals surface area contributed by atoms with E-state index < -0.39 is 0 Å². The van der Waals surface area contributed by atoms with Gasteiger partial charge in [0.1, 0.15) is 0 Å². The van der Waals surface area contributed by atoms with Crippen molar-refractivity contribution >= 4 is 11.6 Å². The Bertz CT molecular complexity index is 469. The van der Waals surface area contributed by atoms with Crippen LogP contribution in [0.15, 0.2) is 24.3 Å². The molecule has 2 N–H and O–H groups in total. The van der Waals surface area contributed by atoms with Crippen molar-refractivity contribution in [1.82, 2.24) is 4.90 Å². The van der Waals surface area contributed by atoms with Gasteiger partial charge < -0.3 is 5.73 Å². The van der Waals surface area contributed by atoms with Gasteiger partial charge in [0.25, 0.3) is 0 Å². The highest BCUT2D eigenvalue weighted by atomic mass is 35.5. The number of nitrogens with zero attached hydrogens (tertiary/aromatic N) is 1. The molecule has 2 atom stereocenters. The topological polar surface area (TPSA) is 29.3 Å². The van der Waals surface area contributed by atoms with Crippen LogP contribution in [0.1, 0.15) is 58.1 Å². The normalized spacial score (nSPS) is 26.8. The lowest BCUT2D eigenvalue weighted by Crippen LogP contribution is -2.62. The summed E-state index contributed by atoms with van der Waals surface area (Å²) in [6, 6.07) is 8.54. The molecule has 2 nitrogen and oxygen atoms in total. The molecule has 21 heavy (non-hydrogen) atoms. The van der Waals surface area contributed by atoms with E-state index in [-0.39, 0.29) is 11.0 Å². The van der Waals surface area contributed by atoms with E-state index in [0.29, 0.717) is 12.6 Å². The maximum atomic E-state index is 6.29. The minimum absolute atomic E-state index is 0.0737. The van der Waals surface area contributed by atoms with Gasteiger partial charge in [-0.05, 0) is 49.9 Å². The fourth-order valence-electron chi connectivity index (χ4n) is 4.07. The van der Waals surface area contributed by atoms with Crippen molar-refractivity contribution in [2.75, 3.05) is 13.6 Å². The van der Waals surface area contributed by atoms with Crippen LogP contribution in [-0.4, -0.2) is 24.0 Å². The lowest BCUT2D eigenvalue weighted by Gasteiger charge is -2.56. The predicted molar refractivity (Wildman–Crippen MR) is 91.7 cm³/mol. The molecular weight excluding hydrogens is 280 g/mol. The Kier molecular flexibility index (Phi) is 5.02. The molecule has 0 heterocycles. The third-order valence-corrected chi connectivity index (χ3v) is 6.10. The fourth-order valence-corrected chi connectivity index (χ4v) is 4.19. The molecule has 1 saturated carbocycles. The minimum atomic E-state index is 0.0737. The molecular formula is C18H29ClN2.